The lowest BCUT2D eigenvalue weighted by Crippen LogP contribution is -2.29. The summed E-state index contributed by atoms with van der Waals surface area (Å²) in [6.45, 7) is 0. The van der Waals surface area contributed by atoms with Crippen molar-refractivity contribution in [3.63, 3.8) is 0 Å². The minimum atomic E-state index is -0.721. The Balaban J connectivity index is 0.914. The van der Waals surface area contributed by atoms with E-state index in [1.54, 1.807) is 0 Å². The van der Waals surface area contributed by atoms with Crippen LogP contribution in [0.1, 0.15) is 22.3 Å². The monoisotopic (exact) mass is 1030 g/mol. The summed E-state index contributed by atoms with van der Waals surface area (Å²) in [4.78, 5) is 5.05. The Morgan fingerprint density at radius 1 is 0.235 bits per heavy atom. The maximum atomic E-state index is 2.53. The average molecular weight is 1030 g/mol. The molecule has 0 bridgehead atoms. The van der Waals surface area contributed by atoms with E-state index in [1.807, 2.05) is 0 Å². The highest BCUT2D eigenvalue weighted by Gasteiger charge is 2.47. The van der Waals surface area contributed by atoms with Crippen LogP contribution in [0.4, 0.5) is 34.1 Å². The van der Waals surface area contributed by atoms with Crippen LogP contribution in [-0.4, -0.2) is 9.13 Å². The summed E-state index contributed by atoms with van der Waals surface area (Å²) >= 11 is 0. The molecule has 14 aromatic rings. The number of hydrogen-bond donors (Lipinski definition) is 0. The molecular weight excluding hydrogens is 981 g/mol. The van der Waals surface area contributed by atoms with Gasteiger partial charge in [-0.3, -0.25) is 0 Å². The number of rotatable bonds is 6. The second-order valence-corrected chi connectivity index (χ2v) is 21.5. The molecule has 81 heavy (non-hydrogen) atoms. The fourth-order valence-corrected chi connectivity index (χ4v) is 14.3. The molecule has 0 saturated heterocycles. The fourth-order valence-electron chi connectivity index (χ4n) is 14.3. The van der Waals surface area contributed by atoms with Gasteiger partial charge in [0.25, 0.3) is 0 Å². The standard InChI is InChI=1S/C77H50N4/c1-5-25-51(26-6-1)77(52-27-7-2-8-28-52)65-49-55(78-67-39-19-13-33-59(67)73-61-35-15-21-41-69(61)80(53-29-9-3-10-30-53)75(73)63-37-17-23-43-71(63)78)45-47-57(65)58-48-46-56(50-66(58)77)79-68-40-20-14-34-60(68)74-62-36-16-22-42-70(62)81(54-31-11-4-12-32-54)76(74)64-38-18-24-44-72(64)79/h1-50H. The quantitative estimate of drug-likeness (QED) is 0.165. The van der Waals surface area contributed by atoms with Crippen molar-refractivity contribution >= 4 is 55.9 Å². The molecular formula is C77H50N4. The van der Waals surface area contributed by atoms with Gasteiger partial charge in [-0.25, -0.2) is 0 Å². The Morgan fingerprint density at radius 3 is 0.963 bits per heavy atom. The Labute approximate surface area is 470 Å². The molecule has 0 N–H and O–H groups in total. The summed E-state index contributed by atoms with van der Waals surface area (Å²) in [5.41, 5.74) is 27.5. The van der Waals surface area contributed by atoms with Crippen LogP contribution >= 0.6 is 0 Å². The van der Waals surface area contributed by atoms with E-state index in [0.29, 0.717) is 0 Å². The predicted molar refractivity (Wildman–Crippen MR) is 336 cm³/mol. The molecule has 378 valence electrons. The van der Waals surface area contributed by atoms with Crippen LogP contribution in [0.25, 0.3) is 89.1 Å². The highest BCUT2D eigenvalue weighted by molar-refractivity contribution is 6.15. The molecule has 0 saturated carbocycles. The van der Waals surface area contributed by atoms with Gasteiger partial charge in [0.2, 0.25) is 0 Å². The zero-order valence-electron chi connectivity index (χ0n) is 44.2. The summed E-state index contributed by atoms with van der Waals surface area (Å²) in [6.07, 6.45) is 0. The van der Waals surface area contributed by atoms with Crippen molar-refractivity contribution in [3.8, 4) is 67.3 Å². The summed E-state index contributed by atoms with van der Waals surface area (Å²) < 4.78 is 4.94. The van der Waals surface area contributed by atoms with Crippen LogP contribution in [0.15, 0.2) is 303 Å². The van der Waals surface area contributed by atoms with Crippen LogP contribution in [-0.2, 0) is 5.41 Å². The highest BCUT2D eigenvalue weighted by atomic mass is 15.2. The molecule has 0 spiro atoms. The number of benzene rings is 12. The third kappa shape index (κ3) is 6.41. The van der Waals surface area contributed by atoms with Gasteiger partial charge in [0.1, 0.15) is 0 Å². The molecule has 4 heteroatoms. The molecule has 0 amide bonds. The van der Waals surface area contributed by atoms with Crippen molar-refractivity contribution in [2.45, 2.75) is 5.41 Å². The lowest BCUT2D eigenvalue weighted by molar-refractivity contribution is 0.768. The zero-order valence-corrected chi connectivity index (χ0v) is 44.2. The van der Waals surface area contributed by atoms with Crippen molar-refractivity contribution in [3.05, 3.63) is 326 Å². The minimum Gasteiger partial charge on any atom is -0.309 e. The number of aromatic nitrogens is 2. The van der Waals surface area contributed by atoms with Gasteiger partial charge in [0, 0.05) is 66.9 Å². The van der Waals surface area contributed by atoms with Gasteiger partial charge in [-0.05, 0) is 118 Å². The lowest BCUT2D eigenvalue weighted by atomic mass is 9.67. The van der Waals surface area contributed by atoms with Gasteiger partial charge in [-0.15, -0.1) is 0 Å². The van der Waals surface area contributed by atoms with Crippen LogP contribution in [0.5, 0.6) is 0 Å². The van der Waals surface area contributed by atoms with Crippen molar-refractivity contribution < 1.29 is 0 Å². The fraction of sp³-hybridized carbons (Fsp3) is 0.0130. The van der Waals surface area contributed by atoms with Crippen LogP contribution in [0.3, 0.4) is 0 Å². The largest absolute Gasteiger partial charge is 0.309 e. The normalized spacial score (nSPS) is 13.2. The van der Waals surface area contributed by atoms with E-state index in [2.05, 4.69) is 322 Å². The molecule has 4 heterocycles. The number of anilines is 6. The second-order valence-electron chi connectivity index (χ2n) is 21.5. The number of nitrogens with zero attached hydrogens (tertiary/aromatic N) is 4. The summed E-state index contributed by atoms with van der Waals surface area (Å²) in [5.74, 6) is 0. The highest BCUT2D eigenvalue weighted by Crippen LogP contribution is 2.62. The molecule has 0 atom stereocenters. The van der Waals surface area contributed by atoms with Crippen LogP contribution in [0, 0.1) is 0 Å². The van der Waals surface area contributed by atoms with E-state index in [0.717, 1.165) is 45.5 Å². The SMILES string of the molecule is c1ccc(-n2c3c(c4ccccc42)-c2ccccc2N(c2ccc4c(c2)C(c2ccccc2)(c2ccccc2)c2cc(N5c6ccccc6-c6c(n(-c7ccccc7)c7ccccc67)-c6ccccc65)ccc2-4)c2ccccc2-3)cc1. The molecule has 0 radical (unpaired) electrons. The van der Waals surface area contributed by atoms with Crippen molar-refractivity contribution in [2.24, 2.45) is 0 Å². The van der Waals surface area contributed by atoms with E-state index in [4.69, 9.17) is 0 Å². The summed E-state index contributed by atoms with van der Waals surface area (Å²) in [5, 5.41) is 2.45. The van der Waals surface area contributed by atoms with Gasteiger partial charge in [-0.2, -0.15) is 0 Å². The molecule has 2 aliphatic heterocycles. The molecule has 17 rings (SSSR count). The van der Waals surface area contributed by atoms with E-state index < -0.39 is 5.41 Å². The third-order valence-corrected chi connectivity index (χ3v) is 17.4. The topological polar surface area (TPSA) is 16.3 Å². The number of para-hydroxylation sites is 8. The lowest BCUT2D eigenvalue weighted by Gasteiger charge is -2.36. The second kappa shape index (κ2) is 17.7. The molecule has 0 unspecified atom stereocenters. The van der Waals surface area contributed by atoms with E-state index in [9.17, 15) is 0 Å². The van der Waals surface area contributed by atoms with E-state index in [1.165, 1.54) is 100.0 Å². The first-order valence-corrected chi connectivity index (χ1v) is 28.0. The van der Waals surface area contributed by atoms with Gasteiger partial charge < -0.3 is 18.9 Å². The third-order valence-electron chi connectivity index (χ3n) is 17.4. The van der Waals surface area contributed by atoms with Crippen LogP contribution < -0.4 is 9.80 Å². The first kappa shape index (κ1) is 45.3. The molecule has 3 aliphatic rings. The first-order chi connectivity index (χ1) is 40.3. The molecule has 2 aromatic heterocycles. The summed E-state index contributed by atoms with van der Waals surface area (Å²) in [7, 11) is 0. The zero-order chi connectivity index (χ0) is 53.2. The number of fused-ring (bicyclic) bond motifs is 17. The maximum Gasteiger partial charge on any atom is 0.0715 e. The van der Waals surface area contributed by atoms with Gasteiger partial charge in [0.15, 0.2) is 0 Å². The van der Waals surface area contributed by atoms with Crippen LogP contribution in [0.2, 0.25) is 0 Å². The Morgan fingerprint density at radius 2 is 0.556 bits per heavy atom. The number of hydrogen-bond acceptors (Lipinski definition) is 2. The smallest absolute Gasteiger partial charge is 0.0715 e. The maximum absolute atomic E-state index is 2.53. The molecule has 1 aliphatic carbocycles. The van der Waals surface area contributed by atoms with Gasteiger partial charge >= 0.3 is 0 Å². The average Bonchev–Trinajstić information content (AvgIpc) is 3.23. The van der Waals surface area contributed by atoms with Crippen molar-refractivity contribution in [1.82, 2.24) is 9.13 Å². The van der Waals surface area contributed by atoms with Crippen molar-refractivity contribution in [2.75, 3.05) is 9.80 Å². The summed E-state index contributed by atoms with van der Waals surface area (Å²) in [6, 6.07) is 113. The predicted octanol–water partition coefficient (Wildman–Crippen LogP) is 20.2. The first-order valence-electron chi connectivity index (χ1n) is 28.0. The molecule has 4 nitrogen and oxygen atoms in total. The Kier molecular flexibility index (Phi) is 9.89. The van der Waals surface area contributed by atoms with Crippen molar-refractivity contribution in [1.29, 1.82) is 0 Å². The van der Waals surface area contributed by atoms with Gasteiger partial charge in [-0.1, -0.05) is 218 Å². The Bertz CT molecular complexity index is 4510. The molecule has 12 aromatic carbocycles. The Hall–Kier alpha value is -10.7. The molecule has 0 fully saturated rings. The van der Waals surface area contributed by atoms with E-state index in [-0.39, 0.29) is 0 Å². The van der Waals surface area contributed by atoms with Gasteiger partial charge in [0.05, 0.1) is 50.6 Å². The minimum absolute atomic E-state index is 0.721. The van der Waals surface area contributed by atoms with E-state index >= 15 is 0 Å².